The van der Waals surface area contributed by atoms with E-state index in [4.69, 9.17) is 4.74 Å². The standard InChI is InChI=1S/C20H22N4O4S/c1-28-17-11-7-15(8-12-17)19-22-23(20(25)24(19)16-9-10-16)14-13-21-29(26,27)18-5-3-2-4-6-18/h2-8,11-12,16,21H,9-10,13-14H2,1H3. The summed E-state index contributed by atoms with van der Waals surface area (Å²) >= 11 is 0. The fourth-order valence-electron chi connectivity index (χ4n) is 3.13. The molecule has 0 saturated heterocycles. The first-order valence-corrected chi connectivity index (χ1v) is 10.9. The zero-order chi connectivity index (χ0) is 20.4. The van der Waals surface area contributed by atoms with Gasteiger partial charge in [0.1, 0.15) is 5.75 Å². The van der Waals surface area contributed by atoms with Crippen LogP contribution in [0.5, 0.6) is 5.75 Å². The summed E-state index contributed by atoms with van der Waals surface area (Å²) in [6.07, 6.45) is 1.88. The molecular weight excluding hydrogens is 392 g/mol. The Morgan fingerprint density at radius 1 is 1.10 bits per heavy atom. The number of sulfonamides is 1. The molecule has 1 aliphatic carbocycles. The lowest BCUT2D eigenvalue weighted by atomic mass is 10.2. The molecule has 1 fully saturated rings. The second kappa shape index (κ2) is 7.84. The average molecular weight is 414 g/mol. The van der Waals surface area contributed by atoms with Crippen molar-refractivity contribution in [2.24, 2.45) is 0 Å². The minimum absolute atomic E-state index is 0.0703. The van der Waals surface area contributed by atoms with Gasteiger partial charge in [0.15, 0.2) is 5.82 Å². The van der Waals surface area contributed by atoms with Gasteiger partial charge in [-0.3, -0.25) is 4.57 Å². The summed E-state index contributed by atoms with van der Waals surface area (Å²) in [5.41, 5.74) is 0.593. The normalized spacial score (nSPS) is 14.1. The molecule has 3 aromatic rings. The fourth-order valence-corrected chi connectivity index (χ4v) is 4.18. The van der Waals surface area contributed by atoms with Crippen molar-refractivity contribution in [2.45, 2.75) is 30.3 Å². The third kappa shape index (κ3) is 4.10. The maximum Gasteiger partial charge on any atom is 0.346 e. The van der Waals surface area contributed by atoms with E-state index in [0.29, 0.717) is 5.82 Å². The summed E-state index contributed by atoms with van der Waals surface area (Å²) in [6, 6.07) is 15.7. The van der Waals surface area contributed by atoms with Gasteiger partial charge in [-0.15, -0.1) is 5.10 Å². The molecule has 1 heterocycles. The van der Waals surface area contributed by atoms with E-state index in [1.165, 1.54) is 16.8 Å². The Hall–Kier alpha value is -2.91. The molecule has 152 valence electrons. The molecule has 4 rings (SSSR count). The number of benzene rings is 2. The molecule has 0 amide bonds. The maximum atomic E-state index is 12.9. The van der Waals surface area contributed by atoms with Crippen molar-refractivity contribution in [1.82, 2.24) is 19.1 Å². The Kier molecular flexibility index (Phi) is 5.25. The second-order valence-corrected chi connectivity index (χ2v) is 8.64. The average Bonchev–Trinajstić information content (AvgIpc) is 3.53. The highest BCUT2D eigenvalue weighted by atomic mass is 32.2. The van der Waals surface area contributed by atoms with Gasteiger partial charge < -0.3 is 4.74 Å². The van der Waals surface area contributed by atoms with Gasteiger partial charge in [-0.05, 0) is 49.2 Å². The van der Waals surface area contributed by atoms with Crippen LogP contribution < -0.4 is 15.1 Å². The highest BCUT2D eigenvalue weighted by molar-refractivity contribution is 7.89. The van der Waals surface area contributed by atoms with Gasteiger partial charge >= 0.3 is 5.69 Å². The lowest BCUT2D eigenvalue weighted by molar-refractivity contribution is 0.415. The van der Waals surface area contributed by atoms with Gasteiger partial charge in [0, 0.05) is 18.2 Å². The van der Waals surface area contributed by atoms with Crippen LogP contribution in [-0.4, -0.2) is 36.4 Å². The zero-order valence-electron chi connectivity index (χ0n) is 16.0. The Bertz CT molecular complexity index is 1150. The summed E-state index contributed by atoms with van der Waals surface area (Å²) < 4.78 is 35.4. The predicted molar refractivity (Wildman–Crippen MR) is 108 cm³/mol. The first kappa shape index (κ1) is 19.4. The molecule has 1 aromatic heterocycles. The molecule has 1 saturated carbocycles. The smallest absolute Gasteiger partial charge is 0.346 e. The van der Waals surface area contributed by atoms with Crippen LogP contribution in [0, 0.1) is 0 Å². The molecule has 8 nitrogen and oxygen atoms in total. The number of aromatic nitrogens is 3. The van der Waals surface area contributed by atoms with Crippen molar-refractivity contribution in [3.63, 3.8) is 0 Å². The van der Waals surface area contributed by atoms with Gasteiger partial charge in [0.2, 0.25) is 10.0 Å². The van der Waals surface area contributed by atoms with E-state index in [9.17, 15) is 13.2 Å². The quantitative estimate of drug-likeness (QED) is 0.609. The minimum Gasteiger partial charge on any atom is -0.497 e. The van der Waals surface area contributed by atoms with Crippen molar-refractivity contribution in [3.8, 4) is 17.1 Å². The topological polar surface area (TPSA) is 95.2 Å². The highest BCUT2D eigenvalue weighted by Crippen LogP contribution is 2.36. The molecule has 0 spiro atoms. The molecule has 0 aliphatic heterocycles. The van der Waals surface area contributed by atoms with Gasteiger partial charge in [0.25, 0.3) is 0 Å². The lowest BCUT2D eigenvalue weighted by Gasteiger charge is -2.06. The van der Waals surface area contributed by atoms with Gasteiger partial charge in [0.05, 0.1) is 18.6 Å². The van der Waals surface area contributed by atoms with Crippen molar-refractivity contribution >= 4 is 10.0 Å². The molecular formula is C20H22N4O4S. The summed E-state index contributed by atoms with van der Waals surface area (Å²) in [5.74, 6) is 1.31. The monoisotopic (exact) mass is 414 g/mol. The van der Waals surface area contributed by atoms with E-state index < -0.39 is 10.0 Å². The molecule has 1 aliphatic rings. The van der Waals surface area contributed by atoms with Gasteiger partial charge in [-0.25, -0.2) is 22.6 Å². The van der Waals surface area contributed by atoms with E-state index in [1.54, 1.807) is 29.9 Å². The van der Waals surface area contributed by atoms with Crippen LogP contribution in [0.25, 0.3) is 11.4 Å². The van der Waals surface area contributed by atoms with Crippen molar-refractivity contribution in [3.05, 3.63) is 65.1 Å². The Balaban J connectivity index is 1.54. The molecule has 1 N–H and O–H groups in total. The predicted octanol–water partition coefficient (Wildman–Crippen LogP) is 2.03. The maximum absolute atomic E-state index is 12.9. The number of ether oxygens (including phenoxy) is 1. The first-order chi connectivity index (χ1) is 14.0. The van der Waals surface area contributed by atoms with Crippen molar-refractivity contribution < 1.29 is 13.2 Å². The van der Waals surface area contributed by atoms with Crippen LogP contribution in [0.4, 0.5) is 0 Å². The number of methoxy groups -OCH3 is 1. The van der Waals surface area contributed by atoms with Crippen LogP contribution >= 0.6 is 0 Å². The molecule has 9 heteroatoms. The van der Waals surface area contributed by atoms with Crippen LogP contribution in [0.15, 0.2) is 64.3 Å². The molecule has 0 unspecified atom stereocenters. The van der Waals surface area contributed by atoms with E-state index in [1.807, 2.05) is 24.3 Å². The van der Waals surface area contributed by atoms with E-state index in [2.05, 4.69) is 9.82 Å². The lowest BCUT2D eigenvalue weighted by Crippen LogP contribution is -2.32. The third-order valence-electron chi connectivity index (χ3n) is 4.80. The number of hydrogen-bond donors (Lipinski definition) is 1. The highest BCUT2D eigenvalue weighted by Gasteiger charge is 2.30. The minimum atomic E-state index is -3.62. The zero-order valence-corrected chi connectivity index (χ0v) is 16.8. The number of nitrogens with one attached hydrogen (secondary N) is 1. The van der Waals surface area contributed by atoms with Crippen molar-refractivity contribution in [2.75, 3.05) is 13.7 Å². The van der Waals surface area contributed by atoms with Crippen molar-refractivity contribution in [1.29, 1.82) is 0 Å². The van der Waals surface area contributed by atoms with Crippen LogP contribution in [-0.2, 0) is 16.6 Å². The second-order valence-electron chi connectivity index (χ2n) is 6.87. The summed E-state index contributed by atoms with van der Waals surface area (Å²) in [6.45, 7) is 0.217. The summed E-state index contributed by atoms with van der Waals surface area (Å²) in [5, 5.41) is 4.48. The number of rotatable bonds is 8. The Morgan fingerprint density at radius 3 is 2.41 bits per heavy atom. The Morgan fingerprint density at radius 2 is 1.79 bits per heavy atom. The summed E-state index contributed by atoms with van der Waals surface area (Å²) in [4.78, 5) is 13.0. The first-order valence-electron chi connectivity index (χ1n) is 9.38. The van der Waals surface area contributed by atoms with E-state index in [-0.39, 0.29) is 29.7 Å². The van der Waals surface area contributed by atoms with E-state index in [0.717, 1.165) is 24.2 Å². The number of nitrogens with zero attached hydrogens (tertiary/aromatic N) is 3. The SMILES string of the molecule is COc1ccc(-c2nn(CCNS(=O)(=O)c3ccccc3)c(=O)n2C2CC2)cc1. The van der Waals surface area contributed by atoms with E-state index >= 15 is 0 Å². The fraction of sp³-hybridized carbons (Fsp3) is 0.300. The largest absolute Gasteiger partial charge is 0.497 e. The van der Waals surface area contributed by atoms with Gasteiger partial charge in [-0.1, -0.05) is 18.2 Å². The number of hydrogen-bond acceptors (Lipinski definition) is 5. The Labute approximate surface area is 168 Å². The van der Waals surface area contributed by atoms with Gasteiger partial charge in [-0.2, -0.15) is 0 Å². The van der Waals surface area contributed by atoms with Crippen LogP contribution in [0.1, 0.15) is 18.9 Å². The summed E-state index contributed by atoms with van der Waals surface area (Å²) in [7, 11) is -2.03. The molecule has 2 aromatic carbocycles. The molecule has 0 atom stereocenters. The van der Waals surface area contributed by atoms with Crippen LogP contribution in [0.2, 0.25) is 0 Å². The third-order valence-corrected chi connectivity index (χ3v) is 6.28. The molecule has 0 radical (unpaired) electrons. The van der Waals surface area contributed by atoms with Crippen LogP contribution in [0.3, 0.4) is 0 Å². The molecule has 0 bridgehead atoms. The molecule has 29 heavy (non-hydrogen) atoms.